The molecule has 0 unspecified atom stereocenters. The van der Waals surface area contributed by atoms with E-state index in [0.717, 1.165) is 35.8 Å². The number of anilines is 1. The van der Waals surface area contributed by atoms with Crippen molar-refractivity contribution in [1.82, 2.24) is 10.2 Å². The molecule has 220 valence electrons. The Morgan fingerprint density at radius 3 is 2.32 bits per heavy atom. The Hall–Kier alpha value is -3.36. The van der Waals surface area contributed by atoms with Crippen LogP contribution in [0.25, 0.3) is 0 Å². The first-order valence-electron chi connectivity index (χ1n) is 14.0. The summed E-state index contributed by atoms with van der Waals surface area (Å²) in [4.78, 5) is 29.1. The van der Waals surface area contributed by atoms with Gasteiger partial charge in [-0.1, -0.05) is 85.6 Å². The monoisotopic (exact) mass is 597 g/mol. The number of amides is 2. The molecule has 0 fully saturated rings. The van der Waals surface area contributed by atoms with Gasteiger partial charge in [0, 0.05) is 37.5 Å². The highest BCUT2D eigenvalue weighted by molar-refractivity contribution is 7.92. The normalized spacial score (nSPS) is 12.0. The van der Waals surface area contributed by atoms with E-state index in [0.29, 0.717) is 23.7 Å². The van der Waals surface area contributed by atoms with E-state index in [1.165, 1.54) is 4.31 Å². The van der Waals surface area contributed by atoms with Crippen LogP contribution < -0.4 is 9.62 Å². The van der Waals surface area contributed by atoms with Gasteiger partial charge in [0.1, 0.15) is 6.04 Å². The zero-order valence-electron chi connectivity index (χ0n) is 24.1. The van der Waals surface area contributed by atoms with Crippen LogP contribution in [0, 0.1) is 6.92 Å². The molecule has 3 aromatic rings. The zero-order chi connectivity index (χ0) is 29.8. The minimum Gasteiger partial charge on any atom is -0.354 e. The molecule has 0 spiro atoms. The second kappa shape index (κ2) is 15.6. The van der Waals surface area contributed by atoms with Crippen LogP contribution in [0.5, 0.6) is 0 Å². The van der Waals surface area contributed by atoms with E-state index in [4.69, 9.17) is 11.6 Å². The van der Waals surface area contributed by atoms with Gasteiger partial charge < -0.3 is 10.2 Å². The molecule has 0 saturated heterocycles. The summed E-state index contributed by atoms with van der Waals surface area (Å²) < 4.78 is 26.4. The van der Waals surface area contributed by atoms with Crippen molar-refractivity contribution >= 4 is 39.1 Å². The molecule has 0 aliphatic rings. The van der Waals surface area contributed by atoms with Gasteiger partial charge in [-0.15, -0.1) is 0 Å². The van der Waals surface area contributed by atoms with E-state index in [1.54, 1.807) is 29.2 Å². The van der Waals surface area contributed by atoms with Gasteiger partial charge in [0.2, 0.25) is 21.8 Å². The smallest absolute Gasteiger partial charge is 0.243 e. The highest BCUT2D eigenvalue weighted by Crippen LogP contribution is 2.23. The number of unbranched alkanes of at least 4 members (excludes halogenated alkanes) is 1. The van der Waals surface area contributed by atoms with E-state index in [2.05, 4.69) is 12.2 Å². The Morgan fingerprint density at radius 2 is 1.66 bits per heavy atom. The first-order chi connectivity index (χ1) is 19.6. The van der Waals surface area contributed by atoms with Gasteiger partial charge in [-0.25, -0.2) is 8.42 Å². The minimum absolute atomic E-state index is 0.0754. The third-order valence-corrected chi connectivity index (χ3v) is 8.38. The molecular weight excluding hydrogens is 558 g/mol. The van der Waals surface area contributed by atoms with Gasteiger partial charge in [-0.05, 0) is 54.7 Å². The number of benzene rings is 3. The maximum atomic E-state index is 13.9. The summed E-state index contributed by atoms with van der Waals surface area (Å²) in [5.74, 6) is -0.403. The lowest BCUT2D eigenvalue weighted by Crippen LogP contribution is -2.50. The largest absolute Gasteiger partial charge is 0.354 e. The Labute approximate surface area is 249 Å². The van der Waals surface area contributed by atoms with Crippen LogP contribution in [0.4, 0.5) is 5.69 Å². The predicted octanol–water partition coefficient (Wildman–Crippen LogP) is 5.75. The molecule has 1 atom stereocenters. The SMILES string of the molecule is CCCCNC(=O)[C@H](Cc1ccccc1)N(Cc1ccccc1C)C(=O)CCCN(c1cccc(Cl)c1)S(C)(=O)=O. The van der Waals surface area contributed by atoms with Gasteiger partial charge in [0.05, 0.1) is 11.9 Å². The highest BCUT2D eigenvalue weighted by Gasteiger charge is 2.30. The van der Waals surface area contributed by atoms with Crippen LogP contribution in [-0.2, 0) is 32.6 Å². The molecule has 41 heavy (non-hydrogen) atoms. The quantitative estimate of drug-likeness (QED) is 0.226. The number of hydrogen-bond acceptors (Lipinski definition) is 4. The average molecular weight is 598 g/mol. The Bertz CT molecular complexity index is 1400. The summed E-state index contributed by atoms with van der Waals surface area (Å²) in [5.41, 5.74) is 3.38. The average Bonchev–Trinajstić information content (AvgIpc) is 2.93. The van der Waals surface area contributed by atoms with Crippen molar-refractivity contribution in [2.45, 2.75) is 58.5 Å². The van der Waals surface area contributed by atoms with Crippen molar-refractivity contribution in [3.05, 3.63) is 101 Å². The van der Waals surface area contributed by atoms with Crippen LogP contribution in [0.1, 0.15) is 49.3 Å². The van der Waals surface area contributed by atoms with Crippen LogP contribution in [-0.4, -0.2) is 50.5 Å². The molecule has 3 rings (SSSR count). The van der Waals surface area contributed by atoms with E-state index < -0.39 is 16.1 Å². The summed E-state index contributed by atoms with van der Waals surface area (Å²) in [7, 11) is -3.60. The molecule has 0 saturated carbocycles. The number of carbonyl (C=O) groups excluding carboxylic acids is 2. The fraction of sp³-hybridized carbons (Fsp3) is 0.375. The summed E-state index contributed by atoms with van der Waals surface area (Å²) in [6.07, 6.45) is 3.65. The van der Waals surface area contributed by atoms with Crippen molar-refractivity contribution in [2.75, 3.05) is 23.7 Å². The van der Waals surface area contributed by atoms with Crippen LogP contribution in [0.2, 0.25) is 5.02 Å². The number of nitrogens with one attached hydrogen (secondary N) is 1. The Balaban J connectivity index is 1.88. The van der Waals surface area contributed by atoms with Gasteiger partial charge >= 0.3 is 0 Å². The summed E-state index contributed by atoms with van der Waals surface area (Å²) in [5, 5.41) is 3.45. The van der Waals surface area contributed by atoms with E-state index in [9.17, 15) is 18.0 Å². The lowest BCUT2D eigenvalue weighted by molar-refractivity contribution is -0.141. The molecule has 0 heterocycles. The lowest BCUT2D eigenvalue weighted by atomic mass is 10.0. The fourth-order valence-corrected chi connectivity index (χ4v) is 5.81. The molecule has 7 nitrogen and oxygen atoms in total. The number of nitrogens with zero attached hydrogens (tertiary/aromatic N) is 2. The molecule has 0 aliphatic carbocycles. The molecule has 0 aromatic heterocycles. The van der Waals surface area contributed by atoms with E-state index in [-0.39, 0.29) is 37.7 Å². The maximum Gasteiger partial charge on any atom is 0.243 e. The number of sulfonamides is 1. The number of halogens is 1. The number of rotatable bonds is 15. The third kappa shape index (κ3) is 9.90. The maximum absolute atomic E-state index is 13.9. The van der Waals surface area contributed by atoms with Crippen molar-refractivity contribution in [3.8, 4) is 0 Å². The fourth-order valence-electron chi connectivity index (χ4n) is 4.67. The van der Waals surface area contributed by atoms with Crippen molar-refractivity contribution < 1.29 is 18.0 Å². The molecule has 0 radical (unpaired) electrons. The summed E-state index contributed by atoms with van der Waals surface area (Å²) in [6, 6.07) is 23.4. The van der Waals surface area contributed by atoms with Crippen molar-refractivity contribution in [3.63, 3.8) is 0 Å². The highest BCUT2D eigenvalue weighted by atomic mass is 35.5. The van der Waals surface area contributed by atoms with Crippen molar-refractivity contribution in [2.24, 2.45) is 0 Å². The zero-order valence-corrected chi connectivity index (χ0v) is 25.6. The third-order valence-electron chi connectivity index (χ3n) is 6.95. The predicted molar refractivity (Wildman–Crippen MR) is 166 cm³/mol. The van der Waals surface area contributed by atoms with E-state index in [1.807, 2.05) is 61.5 Å². The first kappa shape index (κ1) is 32.2. The lowest BCUT2D eigenvalue weighted by Gasteiger charge is -2.32. The molecule has 3 aromatic carbocycles. The van der Waals surface area contributed by atoms with Gasteiger partial charge in [-0.2, -0.15) is 0 Å². The molecule has 1 N–H and O–H groups in total. The Morgan fingerprint density at radius 1 is 0.951 bits per heavy atom. The molecular formula is C32H40ClN3O4S. The van der Waals surface area contributed by atoms with E-state index >= 15 is 0 Å². The van der Waals surface area contributed by atoms with Crippen LogP contribution in [0.15, 0.2) is 78.9 Å². The number of carbonyl (C=O) groups is 2. The van der Waals surface area contributed by atoms with Crippen LogP contribution in [0.3, 0.4) is 0 Å². The topological polar surface area (TPSA) is 86.8 Å². The molecule has 9 heteroatoms. The minimum atomic E-state index is -3.60. The molecule has 2 amide bonds. The molecule has 0 bridgehead atoms. The number of aryl methyl sites for hydroxylation is 1. The van der Waals surface area contributed by atoms with Crippen LogP contribution >= 0.6 is 11.6 Å². The molecule has 0 aliphatic heterocycles. The van der Waals surface area contributed by atoms with Gasteiger partial charge in [0.25, 0.3) is 0 Å². The second-order valence-corrected chi connectivity index (χ2v) is 12.6. The van der Waals surface area contributed by atoms with Crippen molar-refractivity contribution in [1.29, 1.82) is 0 Å². The second-order valence-electron chi connectivity index (χ2n) is 10.2. The summed E-state index contributed by atoms with van der Waals surface area (Å²) in [6.45, 7) is 4.96. The first-order valence-corrected chi connectivity index (χ1v) is 16.2. The Kier molecular flexibility index (Phi) is 12.2. The summed E-state index contributed by atoms with van der Waals surface area (Å²) >= 11 is 6.11. The van der Waals surface area contributed by atoms with Gasteiger partial charge in [-0.3, -0.25) is 13.9 Å². The van der Waals surface area contributed by atoms with Gasteiger partial charge in [0.15, 0.2) is 0 Å². The standard InChI is InChI=1S/C32H40ClN3O4S/c1-4-5-20-34-32(38)30(22-26-14-7-6-8-15-26)35(24-27-16-10-9-13-25(27)2)31(37)19-12-21-36(41(3,39)40)29-18-11-17-28(33)23-29/h6-11,13-18,23,30H,4-5,12,19-22,24H2,1-3H3,(H,34,38)/t30-/m0/s1. The number of hydrogen-bond donors (Lipinski definition) is 1.